The van der Waals surface area contributed by atoms with Crippen LogP contribution in [0.5, 0.6) is 0 Å². The molecule has 88 valence electrons. The van der Waals surface area contributed by atoms with Gasteiger partial charge >= 0.3 is 6.03 Å². The van der Waals surface area contributed by atoms with Crippen LogP contribution in [-0.4, -0.2) is 24.3 Å². The number of anilines is 1. The van der Waals surface area contributed by atoms with Crippen molar-refractivity contribution >= 4 is 11.7 Å². The molecule has 0 aliphatic heterocycles. The van der Waals surface area contributed by atoms with Crippen LogP contribution >= 0.6 is 0 Å². The highest BCUT2D eigenvalue weighted by atomic mass is 19.1. The smallest absolute Gasteiger partial charge is 0.319 e. The number of benzene rings is 1. The molecule has 0 aliphatic carbocycles. The molecule has 2 amide bonds. The molecule has 1 rings (SSSR count). The number of nitrogens with one attached hydrogen (secondary N) is 2. The fourth-order valence-electron chi connectivity index (χ4n) is 1.08. The van der Waals surface area contributed by atoms with Crippen LogP contribution in [-0.2, 0) is 0 Å². The number of urea groups is 1. The van der Waals surface area contributed by atoms with Crippen LogP contribution in [0.1, 0.15) is 6.42 Å². The predicted octanol–water partition coefficient (Wildman–Crippen LogP) is 1.47. The van der Waals surface area contributed by atoms with Crippen molar-refractivity contribution in [3.63, 3.8) is 0 Å². The number of aliphatic hydroxyl groups is 1. The molecule has 16 heavy (non-hydrogen) atoms. The second kappa shape index (κ2) is 6.02. The zero-order chi connectivity index (χ0) is 12.0. The van der Waals surface area contributed by atoms with Crippen LogP contribution in [0.3, 0.4) is 0 Å². The van der Waals surface area contributed by atoms with Gasteiger partial charge in [-0.05, 0) is 18.6 Å². The Balaban J connectivity index is 2.49. The molecule has 0 saturated heterocycles. The van der Waals surface area contributed by atoms with Crippen molar-refractivity contribution < 1.29 is 18.7 Å². The fraction of sp³-hybridized carbons (Fsp3) is 0.300. The summed E-state index contributed by atoms with van der Waals surface area (Å²) in [5, 5.41) is 13.2. The second-order valence-electron chi connectivity index (χ2n) is 3.12. The Labute approximate surface area is 91.3 Å². The molecule has 0 bridgehead atoms. The third kappa shape index (κ3) is 4.22. The average Bonchev–Trinajstić information content (AvgIpc) is 2.16. The van der Waals surface area contributed by atoms with E-state index < -0.39 is 17.7 Å². The first-order valence-corrected chi connectivity index (χ1v) is 4.73. The summed E-state index contributed by atoms with van der Waals surface area (Å²) in [5.74, 6) is -1.52. The topological polar surface area (TPSA) is 61.4 Å². The van der Waals surface area contributed by atoms with Gasteiger partial charge in [0.2, 0.25) is 0 Å². The third-order valence-electron chi connectivity index (χ3n) is 1.74. The number of carbonyl (C=O) groups is 1. The summed E-state index contributed by atoms with van der Waals surface area (Å²) in [6, 6.07) is 2.16. The van der Waals surface area contributed by atoms with E-state index in [-0.39, 0.29) is 12.3 Å². The lowest BCUT2D eigenvalue weighted by atomic mass is 10.3. The van der Waals surface area contributed by atoms with Gasteiger partial charge in [0, 0.05) is 24.9 Å². The van der Waals surface area contributed by atoms with E-state index in [0.717, 1.165) is 18.2 Å². The maximum absolute atomic E-state index is 12.7. The lowest BCUT2D eigenvalue weighted by Gasteiger charge is -2.07. The van der Waals surface area contributed by atoms with Crippen molar-refractivity contribution in [2.45, 2.75) is 6.42 Å². The molecule has 0 saturated carbocycles. The zero-order valence-corrected chi connectivity index (χ0v) is 8.46. The molecule has 3 N–H and O–H groups in total. The minimum Gasteiger partial charge on any atom is -0.396 e. The van der Waals surface area contributed by atoms with Gasteiger partial charge in [0.15, 0.2) is 0 Å². The Morgan fingerprint density at radius 3 is 2.44 bits per heavy atom. The average molecular weight is 230 g/mol. The molecule has 0 heterocycles. The molecule has 0 unspecified atom stereocenters. The Hall–Kier alpha value is -1.69. The van der Waals surface area contributed by atoms with Gasteiger partial charge in [-0.15, -0.1) is 0 Å². The summed E-state index contributed by atoms with van der Waals surface area (Å²) < 4.78 is 25.5. The van der Waals surface area contributed by atoms with Gasteiger partial charge < -0.3 is 15.7 Å². The van der Waals surface area contributed by atoms with E-state index in [1.54, 1.807) is 0 Å². The van der Waals surface area contributed by atoms with Gasteiger partial charge in [0.1, 0.15) is 11.6 Å². The number of carbonyl (C=O) groups excluding carboxylic acids is 1. The van der Waals surface area contributed by atoms with Crippen molar-refractivity contribution in [1.82, 2.24) is 5.32 Å². The second-order valence-corrected chi connectivity index (χ2v) is 3.12. The van der Waals surface area contributed by atoms with E-state index in [9.17, 15) is 13.6 Å². The van der Waals surface area contributed by atoms with Crippen LogP contribution in [0.2, 0.25) is 0 Å². The summed E-state index contributed by atoms with van der Waals surface area (Å²) >= 11 is 0. The maximum Gasteiger partial charge on any atom is 0.319 e. The summed E-state index contributed by atoms with van der Waals surface area (Å²) in [6.45, 7) is 0.259. The molecule has 0 atom stereocenters. The Morgan fingerprint density at radius 2 is 1.88 bits per heavy atom. The van der Waals surface area contributed by atoms with Gasteiger partial charge in [0.05, 0.1) is 0 Å². The summed E-state index contributed by atoms with van der Waals surface area (Å²) in [5.41, 5.74) is 0.0407. The number of hydrogen-bond donors (Lipinski definition) is 3. The number of rotatable bonds is 4. The van der Waals surface area contributed by atoms with Crippen molar-refractivity contribution in [2.75, 3.05) is 18.5 Å². The minimum atomic E-state index is -0.759. The highest BCUT2D eigenvalue weighted by Gasteiger charge is 2.04. The first-order chi connectivity index (χ1) is 7.61. The van der Waals surface area contributed by atoms with Crippen molar-refractivity contribution in [1.29, 1.82) is 0 Å². The number of hydrogen-bond acceptors (Lipinski definition) is 2. The van der Waals surface area contributed by atoms with E-state index in [2.05, 4.69) is 10.6 Å². The lowest BCUT2D eigenvalue weighted by molar-refractivity contribution is 0.249. The van der Waals surface area contributed by atoms with Crippen LogP contribution < -0.4 is 10.6 Å². The highest BCUT2D eigenvalue weighted by molar-refractivity contribution is 5.89. The molecule has 0 radical (unpaired) electrons. The van der Waals surface area contributed by atoms with E-state index in [1.165, 1.54) is 0 Å². The number of halogens is 2. The molecule has 4 nitrogen and oxygen atoms in total. The lowest BCUT2D eigenvalue weighted by Crippen LogP contribution is -2.29. The van der Waals surface area contributed by atoms with Crippen LogP contribution in [0.15, 0.2) is 18.2 Å². The first kappa shape index (κ1) is 12.4. The predicted molar refractivity (Wildman–Crippen MR) is 55.1 cm³/mol. The van der Waals surface area contributed by atoms with Gasteiger partial charge in [-0.25, -0.2) is 13.6 Å². The Bertz CT molecular complexity index is 352. The molecule has 1 aromatic rings. The maximum atomic E-state index is 12.7. The summed E-state index contributed by atoms with van der Waals surface area (Å²) in [7, 11) is 0. The first-order valence-electron chi connectivity index (χ1n) is 4.73. The highest BCUT2D eigenvalue weighted by Crippen LogP contribution is 2.12. The largest absolute Gasteiger partial charge is 0.396 e. The van der Waals surface area contributed by atoms with Gasteiger partial charge in [0.25, 0.3) is 0 Å². The van der Waals surface area contributed by atoms with E-state index in [0.29, 0.717) is 13.0 Å². The quantitative estimate of drug-likeness (QED) is 0.686. The van der Waals surface area contributed by atoms with Crippen molar-refractivity contribution in [3.05, 3.63) is 29.8 Å². The number of amides is 2. The molecule has 0 spiro atoms. The van der Waals surface area contributed by atoms with E-state index in [4.69, 9.17) is 5.11 Å². The van der Waals surface area contributed by atoms with Gasteiger partial charge in [-0.3, -0.25) is 0 Å². The standard InChI is InChI=1S/C10H12F2N2O2/c11-7-4-8(12)6-9(5-7)14-10(16)13-2-1-3-15/h4-6,15H,1-3H2,(H2,13,14,16). The molecule has 0 aromatic heterocycles. The van der Waals surface area contributed by atoms with Crippen molar-refractivity contribution in [2.24, 2.45) is 0 Å². The molecule has 0 fully saturated rings. The molecular weight excluding hydrogens is 218 g/mol. The molecule has 0 aliphatic rings. The molecule has 1 aromatic carbocycles. The molecule has 6 heteroatoms. The summed E-state index contributed by atoms with van der Waals surface area (Å²) in [6.07, 6.45) is 0.422. The minimum absolute atomic E-state index is 0.0329. The third-order valence-corrected chi connectivity index (χ3v) is 1.74. The number of aliphatic hydroxyl groups excluding tert-OH is 1. The van der Waals surface area contributed by atoms with E-state index >= 15 is 0 Å². The van der Waals surface area contributed by atoms with Crippen LogP contribution in [0, 0.1) is 11.6 Å². The summed E-state index contributed by atoms with van der Waals surface area (Å²) in [4.78, 5) is 11.2. The Morgan fingerprint density at radius 1 is 1.25 bits per heavy atom. The zero-order valence-electron chi connectivity index (χ0n) is 8.46. The van der Waals surface area contributed by atoms with Crippen LogP contribution in [0.25, 0.3) is 0 Å². The Kier molecular flexibility index (Phi) is 4.65. The van der Waals surface area contributed by atoms with E-state index in [1.807, 2.05) is 0 Å². The monoisotopic (exact) mass is 230 g/mol. The fourth-order valence-corrected chi connectivity index (χ4v) is 1.08. The van der Waals surface area contributed by atoms with Crippen LogP contribution in [0.4, 0.5) is 19.3 Å². The normalized spacial score (nSPS) is 9.94. The SMILES string of the molecule is O=C(NCCCO)Nc1cc(F)cc(F)c1. The molecular formula is C10H12F2N2O2. The van der Waals surface area contributed by atoms with Gasteiger partial charge in [-0.1, -0.05) is 0 Å². The van der Waals surface area contributed by atoms with Crippen molar-refractivity contribution in [3.8, 4) is 0 Å². The van der Waals surface area contributed by atoms with Gasteiger partial charge in [-0.2, -0.15) is 0 Å².